The third-order valence-electron chi connectivity index (χ3n) is 5.06. The van der Waals surface area contributed by atoms with Crippen molar-refractivity contribution in [2.75, 3.05) is 33.3 Å². The zero-order valence-corrected chi connectivity index (χ0v) is 17.6. The molecule has 0 saturated carbocycles. The van der Waals surface area contributed by atoms with Crippen molar-refractivity contribution in [3.63, 3.8) is 0 Å². The lowest BCUT2D eigenvalue weighted by Gasteiger charge is -2.36. The molecule has 2 aromatic carbocycles. The Morgan fingerprint density at radius 2 is 1.71 bits per heavy atom. The summed E-state index contributed by atoms with van der Waals surface area (Å²) in [7, 11) is 1.69. The molecule has 0 aliphatic carbocycles. The van der Waals surface area contributed by atoms with E-state index in [4.69, 9.17) is 21.3 Å². The molecule has 0 radical (unpaired) electrons. The number of hydrogen-bond acceptors (Lipinski definition) is 6. The lowest BCUT2D eigenvalue weighted by Crippen LogP contribution is -2.44. The second-order valence-corrected chi connectivity index (χ2v) is 8.33. The summed E-state index contributed by atoms with van der Waals surface area (Å²) in [6.07, 6.45) is 0. The van der Waals surface area contributed by atoms with E-state index in [0.29, 0.717) is 5.15 Å². The molecule has 1 saturated heterocycles. The van der Waals surface area contributed by atoms with Crippen molar-refractivity contribution in [3.8, 4) is 5.75 Å². The predicted octanol–water partition coefficient (Wildman–Crippen LogP) is 4.68. The van der Waals surface area contributed by atoms with Gasteiger partial charge in [-0.1, -0.05) is 23.7 Å². The zero-order chi connectivity index (χ0) is 19.5. The number of ether oxygens (including phenoxy) is 1. The average Bonchev–Trinajstić information content (AvgIpc) is 2.74. The fourth-order valence-electron chi connectivity index (χ4n) is 3.37. The average molecular weight is 415 g/mol. The summed E-state index contributed by atoms with van der Waals surface area (Å²) in [6, 6.07) is 16.2. The minimum Gasteiger partial charge on any atom is -0.497 e. The van der Waals surface area contributed by atoms with E-state index >= 15 is 0 Å². The van der Waals surface area contributed by atoms with E-state index in [0.717, 1.165) is 48.7 Å². The Bertz CT molecular complexity index is 945. The van der Waals surface area contributed by atoms with Crippen molar-refractivity contribution >= 4 is 34.5 Å². The summed E-state index contributed by atoms with van der Waals surface area (Å²) in [5.41, 5.74) is 0.901. The summed E-state index contributed by atoms with van der Waals surface area (Å²) >= 11 is 8.19. The number of nitrogens with zero attached hydrogens (tertiary/aromatic N) is 4. The van der Waals surface area contributed by atoms with E-state index in [1.807, 2.05) is 36.4 Å². The normalized spacial score (nSPS) is 17.0. The highest BCUT2D eigenvalue weighted by Crippen LogP contribution is 2.29. The smallest absolute Gasteiger partial charge is 0.147 e. The van der Waals surface area contributed by atoms with Crippen LogP contribution in [0.15, 0.2) is 53.4 Å². The van der Waals surface area contributed by atoms with Crippen LogP contribution in [0.5, 0.6) is 5.75 Å². The van der Waals surface area contributed by atoms with E-state index in [1.165, 1.54) is 4.90 Å². The topological polar surface area (TPSA) is 41.5 Å². The highest BCUT2D eigenvalue weighted by atomic mass is 35.5. The highest BCUT2D eigenvalue weighted by Gasteiger charge is 2.25. The fraction of sp³-hybridized carbons (Fsp3) is 0.333. The largest absolute Gasteiger partial charge is 0.497 e. The van der Waals surface area contributed by atoms with Crippen molar-refractivity contribution in [3.05, 3.63) is 59.5 Å². The number of fused-ring (bicyclic) bond motifs is 1. The summed E-state index contributed by atoms with van der Waals surface area (Å²) in [6.45, 7) is 6.08. The number of hydrogen-bond donors (Lipinski definition) is 0. The third-order valence-corrected chi connectivity index (χ3v) is 6.46. The first-order chi connectivity index (χ1) is 13.6. The first-order valence-corrected chi connectivity index (χ1v) is 10.5. The summed E-state index contributed by atoms with van der Waals surface area (Å²) in [4.78, 5) is 13.0. The third kappa shape index (κ3) is 4.25. The van der Waals surface area contributed by atoms with Crippen molar-refractivity contribution in [2.24, 2.45) is 0 Å². The molecular formula is C21H23ClN4OS. The van der Waals surface area contributed by atoms with Crippen LogP contribution in [-0.4, -0.2) is 52.5 Å². The minimum absolute atomic E-state index is 0.134. The molecule has 4 rings (SSSR count). The Kier molecular flexibility index (Phi) is 6.01. The second kappa shape index (κ2) is 8.66. The van der Waals surface area contributed by atoms with Crippen LogP contribution in [0.4, 0.5) is 0 Å². The molecule has 0 spiro atoms. The number of piperazine rings is 1. The van der Waals surface area contributed by atoms with E-state index in [9.17, 15) is 0 Å². The molecule has 1 unspecified atom stereocenters. The number of aromatic nitrogens is 2. The van der Waals surface area contributed by atoms with E-state index in [2.05, 4.69) is 33.2 Å². The Balaban J connectivity index is 1.39. The van der Waals surface area contributed by atoms with Crippen LogP contribution >= 0.6 is 23.5 Å². The van der Waals surface area contributed by atoms with Gasteiger partial charge in [0.15, 0.2) is 0 Å². The molecule has 1 aliphatic rings. The molecule has 0 N–H and O–H groups in total. The van der Waals surface area contributed by atoms with Crippen LogP contribution < -0.4 is 4.74 Å². The van der Waals surface area contributed by atoms with Crippen LogP contribution in [0.2, 0.25) is 5.15 Å². The van der Waals surface area contributed by atoms with Crippen LogP contribution in [0.25, 0.3) is 10.9 Å². The summed E-state index contributed by atoms with van der Waals surface area (Å²) in [5, 5.41) is 1.43. The number of benzene rings is 2. The van der Waals surface area contributed by atoms with Gasteiger partial charge in [0.1, 0.15) is 16.7 Å². The minimum atomic E-state index is 0.134. The monoisotopic (exact) mass is 414 g/mol. The van der Waals surface area contributed by atoms with Gasteiger partial charge in [0, 0.05) is 36.5 Å². The van der Waals surface area contributed by atoms with Gasteiger partial charge in [-0.25, -0.2) is 14.3 Å². The molecule has 0 amide bonds. The van der Waals surface area contributed by atoms with Gasteiger partial charge in [-0.15, -0.1) is 0 Å². The number of rotatable bonds is 5. The maximum atomic E-state index is 6.39. The van der Waals surface area contributed by atoms with E-state index in [1.54, 1.807) is 19.1 Å². The molecular weight excluding hydrogens is 392 g/mol. The SMILES string of the molecule is COc1ccc(SN2CCN(C(C)c3nc(Cl)c4ccccc4n3)CC2)cc1. The van der Waals surface area contributed by atoms with Crippen molar-refractivity contribution < 1.29 is 4.74 Å². The molecule has 3 aromatic rings. The molecule has 28 heavy (non-hydrogen) atoms. The lowest BCUT2D eigenvalue weighted by molar-refractivity contribution is 0.146. The maximum absolute atomic E-state index is 6.39. The molecule has 0 bridgehead atoms. The van der Waals surface area contributed by atoms with Gasteiger partial charge >= 0.3 is 0 Å². The second-order valence-electron chi connectivity index (χ2n) is 6.80. The summed E-state index contributed by atoms with van der Waals surface area (Å²) in [5.74, 6) is 1.68. The molecule has 7 heteroatoms. The van der Waals surface area contributed by atoms with Gasteiger partial charge in [-0.05, 0) is 55.3 Å². The van der Waals surface area contributed by atoms with Gasteiger partial charge in [0.05, 0.1) is 18.7 Å². The number of para-hydroxylation sites is 1. The maximum Gasteiger partial charge on any atom is 0.147 e. The first-order valence-electron chi connectivity index (χ1n) is 9.37. The molecule has 1 aromatic heterocycles. The molecule has 146 valence electrons. The predicted molar refractivity (Wildman–Crippen MR) is 115 cm³/mol. The summed E-state index contributed by atoms with van der Waals surface area (Å²) < 4.78 is 7.63. The van der Waals surface area contributed by atoms with E-state index < -0.39 is 0 Å². The molecule has 2 heterocycles. The number of methoxy groups -OCH3 is 1. The van der Waals surface area contributed by atoms with Crippen molar-refractivity contribution in [1.29, 1.82) is 0 Å². The van der Waals surface area contributed by atoms with Crippen LogP contribution in [0.1, 0.15) is 18.8 Å². The standard InChI is InChI=1S/C21H23ClN4OS/c1-15(21-23-19-6-4-3-5-18(19)20(22)24-21)25-11-13-26(14-12-25)28-17-9-7-16(27-2)8-10-17/h3-10,15H,11-14H2,1-2H3. The van der Waals surface area contributed by atoms with Gasteiger partial charge < -0.3 is 4.74 Å². The Morgan fingerprint density at radius 3 is 2.43 bits per heavy atom. The zero-order valence-electron chi connectivity index (χ0n) is 16.0. The Labute approximate surface area is 174 Å². The highest BCUT2D eigenvalue weighted by molar-refractivity contribution is 7.97. The molecule has 5 nitrogen and oxygen atoms in total. The van der Waals surface area contributed by atoms with Gasteiger partial charge in [-0.2, -0.15) is 0 Å². The first kappa shape index (κ1) is 19.5. The molecule has 1 fully saturated rings. The van der Waals surface area contributed by atoms with Crippen molar-refractivity contribution in [2.45, 2.75) is 17.9 Å². The van der Waals surface area contributed by atoms with Crippen LogP contribution in [-0.2, 0) is 0 Å². The lowest BCUT2D eigenvalue weighted by atomic mass is 10.2. The molecule has 1 aliphatic heterocycles. The quantitative estimate of drug-likeness (QED) is 0.446. The van der Waals surface area contributed by atoms with Crippen molar-refractivity contribution in [1.82, 2.24) is 19.2 Å². The number of halogens is 1. The van der Waals surface area contributed by atoms with E-state index in [-0.39, 0.29) is 6.04 Å². The Hall–Kier alpha value is -1.86. The molecule has 1 atom stereocenters. The van der Waals surface area contributed by atoms with Crippen LogP contribution in [0.3, 0.4) is 0 Å². The van der Waals surface area contributed by atoms with Gasteiger partial charge in [0.2, 0.25) is 0 Å². The Morgan fingerprint density at radius 1 is 1.00 bits per heavy atom. The van der Waals surface area contributed by atoms with Gasteiger partial charge in [-0.3, -0.25) is 4.90 Å². The fourth-order valence-corrected chi connectivity index (χ4v) is 4.52. The van der Waals surface area contributed by atoms with Gasteiger partial charge in [0.25, 0.3) is 0 Å². The van der Waals surface area contributed by atoms with Crippen LogP contribution in [0, 0.1) is 0 Å².